The molecule has 0 aliphatic carbocycles. The van der Waals surface area contributed by atoms with Crippen LogP contribution in [0.1, 0.15) is 46.2 Å². The molecule has 1 unspecified atom stereocenters. The van der Waals surface area contributed by atoms with Gasteiger partial charge < -0.3 is 25.8 Å². The Hall–Kier alpha value is -2.28. The predicted molar refractivity (Wildman–Crippen MR) is 101 cm³/mol. The van der Waals surface area contributed by atoms with Crippen LogP contribution in [-0.2, 0) is 9.59 Å². The normalized spacial score (nSPS) is 13.3. The fraction of sp³-hybridized carbons (Fsp3) is 0.579. The Morgan fingerprint density at radius 3 is 2.31 bits per heavy atom. The summed E-state index contributed by atoms with van der Waals surface area (Å²) in [5.74, 6) is 0.646. The van der Waals surface area contributed by atoms with E-state index in [2.05, 4.69) is 10.6 Å². The zero-order valence-electron chi connectivity index (χ0n) is 16.5. The predicted octanol–water partition coefficient (Wildman–Crippen LogP) is 1.76. The summed E-state index contributed by atoms with van der Waals surface area (Å²) in [6.07, 6.45) is 0.0349. The molecular formula is C19H31N3O4. The summed E-state index contributed by atoms with van der Waals surface area (Å²) in [5.41, 5.74) is 6.62. The van der Waals surface area contributed by atoms with E-state index in [0.717, 1.165) is 5.56 Å². The zero-order valence-corrected chi connectivity index (χ0v) is 16.5. The molecule has 0 radical (unpaired) electrons. The van der Waals surface area contributed by atoms with Crippen molar-refractivity contribution in [2.45, 2.75) is 52.8 Å². The number of hydrogen-bond donors (Lipinski definition) is 3. The lowest BCUT2D eigenvalue weighted by Gasteiger charge is -2.19. The fourth-order valence-corrected chi connectivity index (χ4v) is 2.27. The molecule has 0 saturated heterocycles. The molecule has 0 saturated carbocycles. The highest BCUT2D eigenvalue weighted by Crippen LogP contribution is 2.31. The van der Waals surface area contributed by atoms with Gasteiger partial charge in [0.25, 0.3) is 0 Å². The van der Waals surface area contributed by atoms with Gasteiger partial charge in [0.15, 0.2) is 11.5 Å². The number of carbonyl (C=O) groups is 2. The average Bonchev–Trinajstić information content (AvgIpc) is 2.58. The lowest BCUT2D eigenvalue weighted by molar-refractivity contribution is -0.127. The van der Waals surface area contributed by atoms with Crippen molar-refractivity contribution >= 4 is 11.8 Å². The molecule has 7 heteroatoms. The van der Waals surface area contributed by atoms with Crippen LogP contribution in [0.2, 0.25) is 0 Å². The molecule has 2 amide bonds. The van der Waals surface area contributed by atoms with Crippen LogP contribution >= 0.6 is 0 Å². The van der Waals surface area contributed by atoms with Gasteiger partial charge in [0.1, 0.15) is 0 Å². The molecule has 1 aromatic carbocycles. The first-order valence-corrected chi connectivity index (χ1v) is 8.83. The van der Waals surface area contributed by atoms with Gasteiger partial charge in [-0.05, 0) is 44.4 Å². The van der Waals surface area contributed by atoms with Crippen LogP contribution in [0.4, 0.5) is 0 Å². The van der Waals surface area contributed by atoms with Gasteiger partial charge in [-0.2, -0.15) is 0 Å². The van der Waals surface area contributed by atoms with Crippen molar-refractivity contribution in [1.29, 1.82) is 0 Å². The van der Waals surface area contributed by atoms with Crippen LogP contribution in [0, 0.1) is 5.92 Å². The van der Waals surface area contributed by atoms with E-state index in [1.54, 1.807) is 7.11 Å². The highest BCUT2D eigenvalue weighted by molar-refractivity contribution is 5.87. The summed E-state index contributed by atoms with van der Waals surface area (Å²) in [6.45, 7) is 9.33. The maximum Gasteiger partial charge on any atom is 0.239 e. The van der Waals surface area contributed by atoms with E-state index in [0.29, 0.717) is 11.5 Å². The maximum absolute atomic E-state index is 12.1. The molecule has 0 fully saturated rings. The van der Waals surface area contributed by atoms with Gasteiger partial charge in [-0.1, -0.05) is 19.9 Å². The van der Waals surface area contributed by atoms with Crippen molar-refractivity contribution in [2.75, 3.05) is 13.7 Å². The Morgan fingerprint density at radius 2 is 1.77 bits per heavy atom. The second kappa shape index (κ2) is 10.0. The largest absolute Gasteiger partial charge is 0.493 e. The van der Waals surface area contributed by atoms with Crippen molar-refractivity contribution < 1.29 is 19.1 Å². The van der Waals surface area contributed by atoms with E-state index >= 15 is 0 Å². The summed E-state index contributed by atoms with van der Waals surface area (Å²) in [5, 5.41) is 5.39. The Kier molecular flexibility index (Phi) is 8.38. The molecular weight excluding hydrogens is 334 g/mol. The number of hydrogen-bond acceptors (Lipinski definition) is 5. The molecule has 0 aliphatic heterocycles. The topological polar surface area (TPSA) is 103 Å². The first-order valence-electron chi connectivity index (χ1n) is 8.83. The van der Waals surface area contributed by atoms with Gasteiger partial charge in [0.2, 0.25) is 11.8 Å². The second-order valence-corrected chi connectivity index (χ2v) is 6.85. The smallest absolute Gasteiger partial charge is 0.239 e. The van der Waals surface area contributed by atoms with E-state index < -0.39 is 6.04 Å². The van der Waals surface area contributed by atoms with E-state index in [9.17, 15) is 9.59 Å². The number of amides is 2. The quantitative estimate of drug-likeness (QED) is 0.619. The molecule has 0 aromatic heterocycles. The van der Waals surface area contributed by atoms with E-state index in [1.807, 2.05) is 52.8 Å². The Balaban J connectivity index is 2.65. The molecule has 26 heavy (non-hydrogen) atoms. The second-order valence-electron chi connectivity index (χ2n) is 6.85. The molecule has 0 heterocycles. The van der Waals surface area contributed by atoms with Crippen LogP contribution in [0.3, 0.4) is 0 Å². The van der Waals surface area contributed by atoms with Gasteiger partial charge in [-0.3, -0.25) is 9.59 Å². The third-order valence-corrected chi connectivity index (χ3v) is 3.87. The fourth-order valence-electron chi connectivity index (χ4n) is 2.27. The Bertz CT molecular complexity index is 617. The standard InChI is InChI=1S/C19H31N3O4/c1-11(2)18(20)19(24)21-10-17(23)22-13(5)14-7-8-15(26-12(3)4)16(9-14)25-6/h7-9,11-13,18H,10,20H2,1-6H3,(H,21,24)(H,22,23)/t13?,18-/m0/s1. The van der Waals surface area contributed by atoms with Crippen molar-refractivity contribution in [1.82, 2.24) is 10.6 Å². The van der Waals surface area contributed by atoms with Crippen LogP contribution in [0.25, 0.3) is 0 Å². The van der Waals surface area contributed by atoms with Gasteiger partial charge in [-0.15, -0.1) is 0 Å². The van der Waals surface area contributed by atoms with E-state index in [1.165, 1.54) is 0 Å². The minimum atomic E-state index is -0.627. The van der Waals surface area contributed by atoms with Crippen LogP contribution in [0.5, 0.6) is 11.5 Å². The molecule has 0 aliphatic rings. The van der Waals surface area contributed by atoms with Crippen LogP contribution < -0.4 is 25.8 Å². The van der Waals surface area contributed by atoms with Crippen molar-refractivity contribution in [3.63, 3.8) is 0 Å². The molecule has 146 valence electrons. The summed E-state index contributed by atoms with van der Waals surface area (Å²) in [6, 6.07) is 4.65. The summed E-state index contributed by atoms with van der Waals surface area (Å²) in [7, 11) is 1.57. The maximum atomic E-state index is 12.1. The number of methoxy groups -OCH3 is 1. The third-order valence-electron chi connectivity index (χ3n) is 3.87. The Morgan fingerprint density at radius 1 is 1.12 bits per heavy atom. The number of nitrogens with two attached hydrogens (primary N) is 1. The molecule has 1 aromatic rings. The van der Waals surface area contributed by atoms with E-state index in [-0.39, 0.29) is 36.4 Å². The number of carbonyl (C=O) groups excluding carboxylic acids is 2. The van der Waals surface area contributed by atoms with Crippen LogP contribution in [0.15, 0.2) is 18.2 Å². The summed E-state index contributed by atoms with van der Waals surface area (Å²) in [4.78, 5) is 23.9. The zero-order chi connectivity index (χ0) is 19.9. The van der Waals surface area contributed by atoms with Gasteiger partial charge in [0.05, 0.1) is 31.8 Å². The summed E-state index contributed by atoms with van der Waals surface area (Å²) < 4.78 is 11.0. The average molecular weight is 365 g/mol. The van der Waals surface area contributed by atoms with E-state index in [4.69, 9.17) is 15.2 Å². The van der Waals surface area contributed by atoms with Gasteiger partial charge in [0, 0.05) is 0 Å². The molecule has 7 nitrogen and oxygen atoms in total. The van der Waals surface area contributed by atoms with Crippen molar-refractivity contribution in [3.8, 4) is 11.5 Å². The molecule has 0 spiro atoms. The number of ether oxygens (including phenoxy) is 2. The minimum Gasteiger partial charge on any atom is -0.493 e. The third kappa shape index (κ3) is 6.55. The van der Waals surface area contributed by atoms with Gasteiger partial charge >= 0.3 is 0 Å². The summed E-state index contributed by atoms with van der Waals surface area (Å²) >= 11 is 0. The first kappa shape index (κ1) is 21.8. The minimum absolute atomic E-state index is 0.0102. The molecule has 4 N–H and O–H groups in total. The number of nitrogens with one attached hydrogen (secondary N) is 2. The lowest BCUT2D eigenvalue weighted by atomic mass is 10.1. The Labute approximate surface area is 155 Å². The van der Waals surface area contributed by atoms with Gasteiger partial charge in [-0.25, -0.2) is 0 Å². The number of rotatable bonds is 9. The number of benzene rings is 1. The first-order chi connectivity index (χ1) is 12.1. The highest BCUT2D eigenvalue weighted by atomic mass is 16.5. The highest BCUT2D eigenvalue weighted by Gasteiger charge is 2.18. The molecule has 0 bridgehead atoms. The monoisotopic (exact) mass is 365 g/mol. The van der Waals surface area contributed by atoms with Crippen molar-refractivity contribution in [2.24, 2.45) is 11.7 Å². The molecule has 2 atom stereocenters. The SMILES string of the molecule is COc1cc(C(C)NC(=O)CNC(=O)[C@@H](N)C(C)C)ccc1OC(C)C. The van der Waals surface area contributed by atoms with Crippen LogP contribution in [-0.4, -0.2) is 37.6 Å². The van der Waals surface area contributed by atoms with Crippen molar-refractivity contribution in [3.05, 3.63) is 23.8 Å². The molecule has 1 rings (SSSR count). The lowest BCUT2D eigenvalue weighted by Crippen LogP contribution is -2.47.